The van der Waals surface area contributed by atoms with E-state index in [1.807, 2.05) is 6.26 Å². The van der Waals surface area contributed by atoms with Gasteiger partial charge in [0.05, 0.1) is 5.41 Å². The SMILES string of the molecule is CSc1ccc(C(=O)NCC2(C(=O)O)CC2)o1. The number of carbonyl (C=O) groups excluding carboxylic acids is 1. The Morgan fingerprint density at radius 2 is 2.24 bits per heavy atom. The number of carboxylic acids is 1. The van der Waals surface area contributed by atoms with Gasteiger partial charge in [-0.25, -0.2) is 0 Å². The number of amides is 1. The topological polar surface area (TPSA) is 79.5 Å². The molecule has 5 nitrogen and oxygen atoms in total. The molecule has 0 spiro atoms. The normalized spacial score (nSPS) is 16.5. The van der Waals surface area contributed by atoms with Crippen LogP contribution in [-0.2, 0) is 4.79 Å². The Morgan fingerprint density at radius 3 is 2.71 bits per heavy atom. The summed E-state index contributed by atoms with van der Waals surface area (Å²) in [4.78, 5) is 22.6. The van der Waals surface area contributed by atoms with Gasteiger partial charge >= 0.3 is 5.97 Å². The molecule has 0 bridgehead atoms. The van der Waals surface area contributed by atoms with Crippen LogP contribution in [0.2, 0.25) is 0 Å². The van der Waals surface area contributed by atoms with E-state index in [4.69, 9.17) is 9.52 Å². The molecular formula is C11H13NO4S. The van der Waals surface area contributed by atoms with Gasteiger partial charge in [0, 0.05) is 6.54 Å². The van der Waals surface area contributed by atoms with Crippen molar-refractivity contribution in [1.82, 2.24) is 5.32 Å². The van der Waals surface area contributed by atoms with Gasteiger partial charge in [-0.2, -0.15) is 0 Å². The molecule has 92 valence electrons. The van der Waals surface area contributed by atoms with Crippen LogP contribution in [0.4, 0.5) is 0 Å². The van der Waals surface area contributed by atoms with E-state index in [-0.39, 0.29) is 18.2 Å². The van der Waals surface area contributed by atoms with Crippen molar-refractivity contribution in [2.24, 2.45) is 5.41 Å². The van der Waals surface area contributed by atoms with Crippen molar-refractivity contribution in [3.63, 3.8) is 0 Å². The van der Waals surface area contributed by atoms with E-state index in [1.54, 1.807) is 12.1 Å². The number of carboxylic acid groups (broad SMARTS) is 1. The Kier molecular flexibility index (Phi) is 3.15. The standard InChI is InChI=1S/C11H13NO4S/c1-17-8-3-2-7(16-8)9(13)12-6-11(4-5-11)10(14)15/h2-3H,4-6H2,1H3,(H,12,13)(H,14,15). The first-order chi connectivity index (χ1) is 8.07. The molecular weight excluding hydrogens is 242 g/mol. The van der Waals surface area contributed by atoms with Crippen molar-refractivity contribution < 1.29 is 19.1 Å². The maximum absolute atomic E-state index is 11.7. The van der Waals surface area contributed by atoms with E-state index in [1.165, 1.54) is 11.8 Å². The third-order valence-electron chi connectivity index (χ3n) is 2.90. The van der Waals surface area contributed by atoms with Crippen molar-refractivity contribution in [3.05, 3.63) is 17.9 Å². The molecule has 1 saturated carbocycles. The predicted octanol–water partition coefficient (Wildman–Crippen LogP) is 1.60. The van der Waals surface area contributed by atoms with E-state index in [2.05, 4.69) is 5.32 Å². The minimum Gasteiger partial charge on any atom is -0.481 e. The molecule has 2 N–H and O–H groups in total. The fourth-order valence-corrected chi connectivity index (χ4v) is 1.88. The molecule has 1 aliphatic carbocycles. The number of carbonyl (C=O) groups is 2. The molecule has 0 aromatic carbocycles. The number of rotatable bonds is 5. The van der Waals surface area contributed by atoms with Gasteiger partial charge in [-0.05, 0) is 31.2 Å². The average molecular weight is 255 g/mol. The van der Waals surface area contributed by atoms with Crippen LogP contribution in [0.5, 0.6) is 0 Å². The summed E-state index contributed by atoms with van der Waals surface area (Å²) < 4.78 is 5.24. The lowest BCUT2D eigenvalue weighted by atomic mass is 10.1. The third-order valence-corrected chi connectivity index (χ3v) is 3.52. The van der Waals surface area contributed by atoms with Gasteiger partial charge in [0.25, 0.3) is 5.91 Å². The van der Waals surface area contributed by atoms with Gasteiger partial charge in [-0.15, -0.1) is 0 Å². The molecule has 0 aliphatic heterocycles. The molecule has 0 saturated heterocycles. The van der Waals surface area contributed by atoms with Gasteiger partial charge in [-0.3, -0.25) is 9.59 Å². The molecule has 2 rings (SSSR count). The lowest BCUT2D eigenvalue weighted by molar-refractivity contribution is -0.143. The van der Waals surface area contributed by atoms with Crippen LogP contribution in [0.1, 0.15) is 23.4 Å². The van der Waals surface area contributed by atoms with Crippen molar-refractivity contribution in [2.75, 3.05) is 12.8 Å². The van der Waals surface area contributed by atoms with E-state index in [0.717, 1.165) is 0 Å². The molecule has 1 heterocycles. The number of hydrogen-bond acceptors (Lipinski definition) is 4. The molecule has 1 fully saturated rings. The second-order valence-corrected chi connectivity index (χ2v) is 4.90. The lowest BCUT2D eigenvalue weighted by Crippen LogP contribution is -2.34. The second kappa shape index (κ2) is 4.44. The molecule has 0 atom stereocenters. The number of thioether (sulfide) groups is 1. The average Bonchev–Trinajstić information content (AvgIpc) is 2.96. The monoisotopic (exact) mass is 255 g/mol. The first kappa shape index (κ1) is 12.0. The van der Waals surface area contributed by atoms with E-state index >= 15 is 0 Å². The summed E-state index contributed by atoms with van der Waals surface area (Å²) in [7, 11) is 0. The van der Waals surface area contributed by atoms with E-state index in [0.29, 0.717) is 17.9 Å². The summed E-state index contributed by atoms with van der Waals surface area (Å²) in [5.74, 6) is -0.990. The zero-order valence-electron chi connectivity index (χ0n) is 9.36. The van der Waals surface area contributed by atoms with E-state index < -0.39 is 11.4 Å². The largest absolute Gasteiger partial charge is 0.481 e. The number of nitrogens with one attached hydrogen (secondary N) is 1. The molecule has 0 radical (unpaired) electrons. The first-order valence-electron chi connectivity index (χ1n) is 5.23. The van der Waals surface area contributed by atoms with Crippen molar-refractivity contribution in [2.45, 2.75) is 17.9 Å². The van der Waals surface area contributed by atoms with Crippen LogP contribution >= 0.6 is 11.8 Å². The summed E-state index contributed by atoms with van der Waals surface area (Å²) >= 11 is 1.41. The molecule has 17 heavy (non-hydrogen) atoms. The van der Waals surface area contributed by atoms with E-state index in [9.17, 15) is 9.59 Å². The minimum atomic E-state index is -0.845. The third kappa shape index (κ3) is 2.46. The Labute approximate surface area is 103 Å². The smallest absolute Gasteiger partial charge is 0.311 e. The summed E-state index contributed by atoms with van der Waals surface area (Å²) in [5, 5.41) is 12.2. The highest BCUT2D eigenvalue weighted by Crippen LogP contribution is 2.45. The number of aliphatic carboxylic acids is 1. The van der Waals surface area contributed by atoms with Crippen molar-refractivity contribution in [3.8, 4) is 0 Å². The fraction of sp³-hybridized carbons (Fsp3) is 0.455. The van der Waals surface area contributed by atoms with Crippen LogP contribution in [0, 0.1) is 5.41 Å². The minimum absolute atomic E-state index is 0.163. The number of hydrogen-bond donors (Lipinski definition) is 2. The lowest BCUT2D eigenvalue weighted by Gasteiger charge is -2.09. The van der Waals surface area contributed by atoms with Gasteiger partial charge in [-0.1, -0.05) is 11.8 Å². The van der Waals surface area contributed by atoms with Gasteiger partial charge in [0.2, 0.25) is 0 Å². The Bertz CT molecular complexity index is 450. The van der Waals surface area contributed by atoms with Crippen LogP contribution < -0.4 is 5.32 Å². The Balaban J connectivity index is 1.91. The van der Waals surface area contributed by atoms with Crippen LogP contribution in [-0.4, -0.2) is 29.8 Å². The maximum atomic E-state index is 11.7. The van der Waals surface area contributed by atoms with Crippen molar-refractivity contribution in [1.29, 1.82) is 0 Å². The Hall–Kier alpha value is -1.43. The second-order valence-electron chi connectivity index (χ2n) is 4.09. The molecule has 1 aromatic heterocycles. The summed E-state index contributed by atoms with van der Waals surface area (Å²) in [6.07, 6.45) is 3.10. The fourth-order valence-electron chi connectivity index (χ4n) is 1.51. The van der Waals surface area contributed by atoms with Gasteiger partial charge in [0.1, 0.15) is 0 Å². The van der Waals surface area contributed by atoms with Crippen LogP contribution in [0.15, 0.2) is 21.6 Å². The highest BCUT2D eigenvalue weighted by atomic mass is 32.2. The molecule has 1 aliphatic rings. The molecule has 0 unspecified atom stereocenters. The van der Waals surface area contributed by atoms with Crippen LogP contribution in [0.25, 0.3) is 0 Å². The first-order valence-corrected chi connectivity index (χ1v) is 6.45. The highest BCUT2D eigenvalue weighted by molar-refractivity contribution is 7.98. The maximum Gasteiger partial charge on any atom is 0.311 e. The zero-order chi connectivity index (χ0) is 12.5. The van der Waals surface area contributed by atoms with Gasteiger partial charge < -0.3 is 14.8 Å². The zero-order valence-corrected chi connectivity index (χ0v) is 10.2. The summed E-state index contributed by atoms with van der Waals surface area (Å²) in [6.45, 7) is 0.163. The highest BCUT2D eigenvalue weighted by Gasteiger charge is 2.50. The van der Waals surface area contributed by atoms with Gasteiger partial charge in [0.15, 0.2) is 10.9 Å². The predicted molar refractivity (Wildman–Crippen MR) is 62.1 cm³/mol. The number of furan rings is 1. The molecule has 1 aromatic rings. The summed E-state index contributed by atoms with van der Waals surface area (Å²) in [6, 6.07) is 3.30. The Morgan fingerprint density at radius 1 is 1.53 bits per heavy atom. The molecule has 1 amide bonds. The molecule has 6 heteroatoms. The summed E-state index contributed by atoms with van der Waals surface area (Å²) in [5.41, 5.74) is -0.745. The quantitative estimate of drug-likeness (QED) is 0.781. The van der Waals surface area contributed by atoms with Crippen LogP contribution in [0.3, 0.4) is 0 Å². The van der Waals surface area contributed by atoms with Crippen molar-refractivity contribution >= 4 is 23.6 Å².